The molecule has 1 aromatic rings. The van der Waals surface area contributed by atoms with E-state index in [0.717, 1.165) is 12.8 Å². The first kappa shape index (κ1) is 19.2. The van der Waals surface area contributed by atoms with Crippen molar-refractivity contribution in [2.24, 2.45) is 10.8 Å². The molecular weight excluding hydrogens is 336 g/mol. The molecule has 146 valence electrons. The molecule has 0 aliphatic heterocycles. The molecule has 0 radical (unpaired) electrons. The Kier molecular flexibility index (Phi) is 4.27. The zero-order chi connectivity index (χ0) is 20.3. The van der Waals surface area contributed by atoms with E-state index >= 15 is 0 Å². The van der Waals surface area contributed by atoms with Gasteiger partial charge in [-0.3, -0.25) is 0 Å². The second-order valence-corrected chi connectivity index (χ2v) is 10.6. The van der Waals surface area contributed by atoms with Crippen molar-refractivity contribution in [3.05, 3.63) is 81.3 Å². The first-order chi connectivity index (χ1) is 13.1. The monoisotopic (exact) mass is 370 g/mol. The van der Waals surface area contributed by atoms with Crippen molar-refractivity contribution in [1.82, 2.24) is 0 Å². The largest absolute Gasteiger partial charge is 0.0801 e. The van der Waals surface area contributed by atoms with Gasteiger partial charge in [0.25, 0.3) is 0 Å². The topological polar surface area (TPSA) is 0 Å². The van der Waals surface area contributed by atoms with Gasteiger partial charge in [-0.15, -0.1) is 0 Å². The number of rotatable bonds is 2. The standard InChI is InChI=1S/C28H34/c1-8-28(27(5,6)7)16-15-23-22-14-13-21(26(2,3)4)17-20(22)18-24(23)25(28)19-11-9-10-12-19/h9-11,13-18H,8,12H2,1-7H3. The van der Waals surface area contributed by atoms with Crippen LogP contribution in [0, 0.1) is 10.8 Å². The van der Waals surface area contributed by atoms with E-state index in [-0.39, 0.29) is 16.2 Å². The van der Waals surface area contributed by atoms with E-state index in [1.165, 1.54) is 32.7 Å². The summed E-state index contributed by atoms with van der Waals surface area (Å²) < 4.78 is 0. The van der Waals surface area contributed by atoms with E-state index in [1.54, 1.807) is 5.57 Å². The number of benzene rings is 1. The van der Waals surface area contributed by atoms with E-state index < -0.39 is 0 Å². The summed E-state index contributed by atoms with van der Waals surface area (Å²) in [6.45, 7) is 16.4. The maximum atomic E-state index is 2.51. The molecule has 0 N–H and O–H groups in total. The summed E-state index contributed by atoms with van der Waals surface area (Å²) in [6, 6.07) is 7.07. The second kappa shape index (κ2) is 6.21. The fraction of sp³-hybridized carbons (Fsp3) is 0.429. The normalized spacial score (nSPS) is 23.7. The van der Waals surface area contributed by atoms with Gasteiger partial charge in [0.1, 0.15) is 0 Å². The molecule has 0 saturated carbocycles. The molecule has 0 saturated heterocycles. The van der Waals surface area contributed by atoms with E-state index in [1.807, 2.05) is 0 Å². The third kappa shape index (κ3) is 2.72. The molecule has 0 heteroatoms. The lowest BCUT2D eigenvalue weighted by Gasteiger charge is -2.47. The molecule has 0 fully saturated rings. The number of hydrogen-bond donors (Lipinski definition) is 0. The fourth-order valence-electron chi connectivity index (χ4n) is 5.25. The van der Waals surface area contributed by atoms with Gasteiger partial charge in [-0.25, -0.2) is 0 Å². The Morgan fingerprint density at radius 3 is 2.32 bits per heavy atom. The minimum Gasteiger partial charge on any atom is -0.0801 e. The van der Waals surface area contributed by atoms with Crippen molar-refractivity contribution in [3.8, 4) is 0 Å². The van der Waals surface area contributed by atoms with Gasteiger partial charge >= 0.3 is 0 Å². The lowest BCUT2D eigenvalue weighted by atomic mass is 9.56. The van der Waals surface area contributed by atoms with Crippen molar-refractivity contribution < 1.29 is 0 Å². The van der Waals surface area contributed by atoms with Crippen LogP contribution in [0.1, 0.15) is 66.9 Å². The van der Waals surface area contributed by atoms with Crippen molar-refractivity contribution in [2.75, 3.05) is 0 Å². The van der Waals surface area contributed by atoms with Crippen LogP contribution in [0.3, 0.4) is 0 Å². The van der Waals surface area contributed by atoms with Crippen LogP contribution < -0.4 is 10.4 Å². The molecule has 0 nitrogen and oxygen atoms in total. The van der Waals surface area contributed by atoms with Crippen LogP contribution in [0.15, 0.2) is 65.3 Å². The van der Waals surface area contributed by atoms with Gasteiger partial charge in [0.2, 0.25) is 0 Å². The van der Waals surface area contributed by atoms with Crippen LogP contribution in [0.5, 0.6) is 0 Å². The third-order valence-electron chi connectivity index (χ3n) is 7.04. The Balaban J connectivity index is 2.04. The smallest absolute Gasteiger partial charge is 0.0190 e. The maximum Gasteiger partial charge on any atom is 0.0190 e. The molecule has 3 aliphatic rings. The van der Waals surface area contributed by atoms with Gasteiger partial charge < -0.3 is 0 Å². The average molecular weight is 371 g/mol. The highest BCUT2D eigenvalue weighted by atomic mass is 14.5. The Morgan fingerprint density at radius 2 is 1.75 bits per heavy atom. The molecule has 0 heterocycles. The summed E-state index contributed by atoms with van der Waals surface area (Å²) in [4.78, 5) is 0. The summed E-state index contributed by atoms with van der Waals surface area (Å²) >= 11 is 0. The van der Waals surface area contributed by atoms with Crippen molar-refractivity contribution in [3.63, 3.8) is 0 Å². The molecule has 4 rings (SSSR count). The summed E-state index contributed by atoms with van der Waals surface area (Å²) in [5.41, 5.74) is 7.72. The Bertz CT molecular complexity index is 1070. The summed E-state index contributed by atoms with van der Waals surface area (Å²) in [5, 5.41) is 2.77. The van der Waals surface area contributed by atoms with Crippen LogP contribution in [-0.2, 0) is 5.41 Å². The van der Waals surface area contributed by atoms with Gasteiger partial charge in [-0.1, -0.05) is 97.0 Å². The molecule has 1 atom stereocenters. The van der Waals surface area contributed by atoms with E-state index in [2.05, 4.69) is 103 Å². The first-order valence-electron chi connectivity index (χ1n) is 10.8. The first-order valence-corrected chi connectivity index (χ1v) is 10.8. The van der Waals surface area contributed by atoms with E-state index in [9.17, 15) is 0 Å². The second-order valence-electron chi connectivity index (χ2n) is 10.6. The molecule has 3 aliphatic carbocycles. The quantitative estimate of drug-likeness (QED) is 0.588. The Labute approximate surface area is 170 Å². The minimum atomic E-state index is 0.0646. The number of fused-ring (bicyclic) bond motifs is 2. The lowest BCUT2D eigenvalue weighted by molar-refractivity contribution is 0.183. The minimum absolute atomic E-state index is 0.0646. The SMILES string of the molecule is CCC1(C(C)(C)C)C=CC2=c3ccc(C(C)(C)C)cc3=CC2=C1C1=CC=CC1. The van der Waals surface area contributed by atoms with Gasteiger partial charge in [0, 0.05) is 5.41 Å². The predicted octanol–water partition coefficient (Wildman–Crippen LogP) is 6.12. The van der Waals surface area contributed by atoms with Crippen molar-refractivity contribution in [2.45, 2.75) is 66.7 Å². The van der Waals surface area contributed by atoms with Crippen LogP contribution in [-0.4, -0.2) is 0 Å². The Morgan fingerprint density at radius 1 is 1.00 bits per heavy atom. The highest BCUT2D eigenvalue weighted by Crippen LogP contribution is 2.56. The highest BCUT2D eigenvalue weighted by Gasteiger charge is 2.45. The summed E-state index contributed by atoms with van der Waals surface area (Å²) in [6.07, 6.45) is 16.4. The van der Waals surface area contributed by atoms with Crippen molar-refractivity contribution in [1.29, 1.82) is 0 Å². The van der Waals surface area contributed by atoms with Gasteiger partial charge in [-0.2, -0.15) is 0 Å². The van der Waals surface area contributed by atoms with Crippen LogP contribution in [0.4, 0.5) is 0 Å². The molecule has 1 aromatic carbocycles. The molecule has 28 heavy (non-hydrogen) atoms. The number of allylic oxidation sites excluding steroid dienone is 8. The predicted molar refractivity (Wildman–Crippen MR) is 122 cm³/mol. The molecule has 0 amide bonds. The zero-order valence-corrected chi connectivity index (χ0v) is 18.6. The summed E-state index contributed by atoms with van der Waals surface area (Å²) in [7, 11) is 0. The third-order valence-corrected chi connectivity index (χ3v) is 7.04. The number of hydrogen-bond acceptors (Lipinski definition) is 0. The molecule has 0 bridgehead atoms. The van der Waals surface area contributed by atoms with Gasteiger partial charge in [0.05, 0.1) is 0 Å². The summed E-state index contributed by atoms with van der Waals surface area (Å²) in [5.74, 6) is 0. The fourth-order valence-corrected chi connectivity index (χ4v) is 5.25. The average Bonchev–Trinajstić information content (AvgIpc) is 3.25. The Hall–Kier alpha value is -2.08. The van der Waals surface area contributed by atoms with E-state index in [0.29, 0.717) is 0 Å². The van der Waals surface area contributed by atoms with Crippen LogP contribution in [0.2, 0.25) is 0 Å². The van der Waals surface area contributed by atoms with Gasteiger partial charge in [0.15, 0.2) is 0 Å². The van der Waals surface area contributed by atoms with Crippen LogP contribution in [0.25, 0.3) is 11.6 Å². The van der Waals surface area contributed by atoms with Crippen LogP contribution >= 0.6 is 0 Å². The molecule has 1 unspecified atom stereocenters. The maximum absolute atomic E-state index is 2.51. The van der Waals surface area contributed by atoms with Crippen molar-refractivity contribution >= 4 is 11.6 Å². The van der Waals surface area contributed by atoms with Gasteiger partial charge in [-0.05, 0) is 68.0 Å². The molecule has 0 spiro atoms. The lowest BCUT2D eigenvalue weighted by Crippen LogP contribution is -2.38. The molecular formula is C28H34. The molecule has 0 aromatic heterocycles. The highest BCUT2D eigenvalue weighted by molar-refractivity contribution is 5.92. The zero-order valence-electron chi connectivity index (χ0n) is 18.6. The van der Waals surface area contributed by atoms with E-state index in [4.69, 9.17) is 0 Å².